The molecular weight excluding hydrogens is 164 g/mol. The molecule has 1 aliphatic rings. The van der Waals surface area contributed by atoms with E-state index in [-0.39, 0.29) is 5.78 Å². The summed E-state index contributed by atoms with van der Waals surface area (Å²) < 4.78 is 0. The molecule has 0 atom stereocenters. The predicted octanol–water partition coefficient (Wildman–Crippen LogP) is 2.75. The third kappa shape index (κ3) is 5.56. The maximum absolute atomic E-state index is 10.8. The summed E-state index contributed by atoms with van der Waals surface area (Å²) in [6.45, 7) is 5.62. The molecule has 76 valence electrons. The van der Waals surface area contributed by atoms with E-state index in [4.69, 9.17) is 0 Å². The van der Waals surface area contributed by atoms with Gasteiger partial charge in [-0.1, -0.05) is 13.8 Å². The van der Waals surface area contributed by atoms with Gasteiger partial charge < -0.3 is 4.79 Å². The van der Waals surface area contributed by atoms with Gasteiger partial charge in [-0.2, -0.15) is 0 Å². The molecule has 1 rings (SSSR count). The molecule has 0 aromatic carbocycles. The molecule has 0 unspecified atom stereocenters. The number of hydrogen-bond acceptors (Lipinski definition) is 2. The van der Waals surface area contributed by atoms with E-state index in [1.165, 1.54) is 0 Å². The first-order valence-corrected chi connectivity index (χ1v) is 5.19. The minimum Gasteiger partial charge on any atom is -0.300 e. The zero-order valence-electron chi connectivity index (χ0n) is 8.93. The quantitative estimate of drug-likeness (QED) is 0.661. The van der Waals surface area contributed by atoms with E-state index >= 15 is 0 Å². The van der Waals surface area contributed by atoms with E-state index in [1.54, 1.807) is 6.92 Å². The molecule has 0 amide bonds. The van der Waals surface area contributed by atoms with E-state index in [1.807, 2.05) is 13.8 Å². The molecule has 0 bridgehead atoms. The first-order valence-electron chi connectivity index (χ1n) is 5.19. The van der Waals surface area contributed by atoms with E-state index in [0.717, 1.165) is 12.8 Å². The van der Waals surface area contributed by atoms with Crippen LogP contribution in [0.2, 0.25) is 0 Å². The lowest BCUT2D eigenvalue weighted by molar-refractivity contribution is -0.123. The minimum absolute atomic E-state index is 0.254. The first kappa shape index (κ1) is 12.3. The summed E-state index contributed by atoms with van der Waals surface area (Å²) >= 11 is 0. The van der Waals surface area contributed by atoms with E-state index in [0.29, 0.717) is 31.0 Å². The summed E-state index contributed by atoms with van der Waals surface area (Å²) in [6, 6.07) is 0. The standard InChI is InChI=1S/C9H14O2.C2H6/c1-7(10)6-8-2-4-9(11)5-3-8;1-2/h8H,2-6H2,1H3;1-2H3. The van der Waals surface area contributed by atoms with Crippen LogP contribution < -0.4 is 0 Å². The van der Waals surface area contributed by atoms with Crippen LogP contribution in [-0.2, 0) is 9.59 Å². The summed E-state index contributed by atoms with van der Waals surface area (Å²) in [5, 5.41) is 0. The topological polar surface area (TPSA) is 34.1 Å². The van der Waals surface area contributed by atoms with Crippen LogP contribution in [0.3, 0.4) is 0 Å². The van der Waals surface area contributed by atoms with Crippen molar-refractivity contribution in [2.75, 3.05) is 0 Å². The van der Waals surface area contributed by atoms with Gasteiger partial charge in [-0.25, -0.2) is 0 Å². The Labute approximate surface area is 80.7 Å². The van der Waals surface area contributed by atoms with Crippen LogP contribution >= 0.6 is 0 Å². The Morgan fingerprint density at radius 2 is 1.77 bits per heavy atom. The van der Waals surface area contributed by atoms with Crippen LogP contribution in [0, 0.1) is 5.92 Å². The molecule has 0 aromatic rings. The Hall–Kier alpha value is -0.660. The summed E-state index contributed by atoms with van der Waals surface area (Å²) in [5.74, 6) is 1.11. The molecule has 0 aromatic heterocycles. The fourth-order valence-corrected chi connectivity index (χ4v) is 1.61. The summed E-state index contributed by atoms with van der Waals surface area (Å²) in [7, 11) is 0. The second-order valence-electron chi connectivity index (χ2n) is 3.39. The number of Topliss-reactive ketones (excluding diaryl/α,β-unsaturated/α-hetero) is 2. The third-order valence-electron chi connectivity index (χ3n) is 2.24. The molecule has 0 aliphatic heterocycles. The highest BCUT2D eigenvalue weighted by Gasteiger charge is 2.19. The molecule has 1 fully saturated rings. The first-order chi connectivity index (χ1) is 6.18. The van der Waals surface area contributed by atoms with E-state index in [9.17, 15) is 9.59 Å². The number of ketones is 2. The summed E-state index contributed by atoms with van der Waals surface area (Å²) in [5.41, 5.74) is 0. The van der Waals surface area contributed by atoms with Crippen molar-refractivity contribution in [3.05, 3.63) is 0 Å². The van der Waals surface area contributed by atoms with Crippen molar-refractivity contribution >= 4 is 11.6 Å². The molecule has 2 nitrogen and oxygen atoms in total. The van der Waals surface area contributed by atoms with Gasteiger partial charge in [0, 0.05) is 19.3 Å². The molecule has 0 heterocycles. The van der Waals surface area contributed by atoms with Crippen molar-refractivity contribution in [1.29, 1.82) is 0 Å². The smallest absolute Gasteiger partial charge is 0.132 e. The van der Waals surface area contributed by atoms with Gasteiger partial charge in [-0.05, 0) is 25.7 Å². The second kappa shape index (κ2) is 6.81. The Balaban J connectivity index is 0.000000671. The lowest BCUT2D eigenvalue weighted by atomic mass is 9.85. The molecule has 1 saturated carbocycles. The molecule has 0 saturated heterocycles. The van der Waals surface area contributed by atoms with Crippen LogP contribution in [-0.4, -0.2) is 11.6 Å². The predicted molar refractivity (Wildman–Crippen MR) is 53.6 cm³/mol. The number of carbonyl (C=O) groups excluding carboxylic acids is 2. The maximum atomic E-state index is 10.8. The summed E-state index contributed by atoms with van der Waals surface area (Å²) in [4.78, 5) is 21.5. The Bertz CT molecular complexity index is 163. The lowest BCUT2D eigenvalue weighted by Gasteiger charge is -2.18. The molecular formula is C11H20O2. The molecule has 1 aliphatic carbocycles. The van der Waals surface area contributed by atoms with Gasteiger partial charge >= 0.3 is 0 Å². The van der Waals surface area contributed by atoms with Crippen molar-refractivity contribution in [3.8, 4) is 0 Å². The average Bonchev–Trinajstić information content (AvgIpc) is 2.12. The number of rotatable bonds is 2. The van der Waals surface area contributed by atoms with Gasteiger partial charge in [0.2, 0.25) is 0 Å². The fraction of sp³-hybridized carbons (Fsp3) is 0.818. The number of carbonyl (C=O) groups is 2. The number of hydrogen-bond donors (Lipinski definition) is 0. The van der Waals surface area contributed by atoms with E-state index in [2.05, 4.69) is 0 Å². The van der Waals surface area contributed by atoms with Crippen molar-refractivity contribution in [3.63, 3.8) is 0 Å². The normalized spacial score (nSPS) is 17.6. The van der Waals surface area contributed by atoms with E-state index < -0.39 is 0 Å². The zero-order valence-corrected chi connectivity index (χ0v) is 8.93. The molecule has 2 heteroatoms. The van der Waals surface area contributed by atoms with Crippen LogP contribution in [0.5, 0.6) is 0 Å². The maximum Gasteiger partial charge on any atom is 0.132 e. The van der Waals surface area contributed by atoms with Crippen molar-refractivity contribution in [2.24, 2.45) is 5.92 Å². The molecule has 0 N–H and O–H groups in total. The monoisotopic (exact) mass is 184 g/mol. The van der Waals surface area contributed by atoms with Gasteiger partial charge in [0.15, 0.2) is 0 Å². The van der Waals surface area contributed by atoms with Crippen LogP contribution in [0.1, 0.15) is 52.9 Å². The fourth-order valence-electron chi connectivity index (χ4n) is 1.61. The molecule has 13 heavy (non-hydrogen) atoms. The van der Waals surface area contributed by atoms with Crippen molar-refractivity contribution in [2.45, 2.75) is 52.9 Å². The highest BCUT2D eigenvalue weighted by Crippen LogP contribution is 2.24. The van der Waals surface area contributed by atoms with Gasteiger partial charge in [-0.15, -0.1) is 0 Å². The van der Waals surface area contributed by atoms with Crippen LogP contribution in [0.25, 0.3) is 0 Å². The summed E-state index contributed by atoms with van der Waals surface area (Å²) in [6.07, 6.45) is 3.92. The third-order valence-corrected chi connectivity index (χ3v) is 2.24. The minimum atomic E-state index is 0.254. The van der Waals surface area contributed by atoms with Gasteiger partial charge in [0.1, 0.15) is 11.6 Å². The molecule has 0 radical (unpaired) electrons. The highest BCUT2D eigenvalue weighted by atomic mass is 16.1. The second-order valence-corrected chi connectivity index (χ2v) is 3.39. The zero-order chi connectivity index (χ0) is 10.3. The van der Waals surface area contributed by atoms with Crippen molar-refractivity contribution in [1.82, 2.24) is 0 Å². The Morgan fingerprint density at radius 1 is 1.31 bits per heavy atom. The average molecular weight is 184 g/mol. The SMILES string of the molecule is CC.CC(=O)CC1CCC(=O)CC1. The van der Waals surface area contributed by atoms with Crippen molar-refractivity contribution < 1.29 is 9.59 Å². The van der Waals surface area contributed by atoms with Gasteiger partial charge in [0.05, 0.1) is 0 Å². The Kier molecular flexibility index (Phi) is 6.47. The Morgan fingerprint density at radius 3 is 2.15 bits per heavy atom. The van der Waals surface area contributed by atoms with Crippen LogP contribution in [0.15, 0.2) is 0 Å². The molecule has 0 spiro atoms. The van der Waals surface area contributed by atoms with Gasteiger partial charge in [0.25, 0.3) is 0 Å². The largest absolute Gasteiger partial charge is 0.300 e. The lowest BCUT2D eigenvalue weighted by Crippen LogP contribution is -2.15. The highest BCUT2D eigenvalue weighted by molar-refractivity contribution is 5.80. The van der Waals surface area contributed by atoms with Gasteiger partial charge in [-0.3, -0.25) is 4.79 Å². The van der Waals surface area contributed by atoms with Crippen LogP contribution in [0.4, 0.5) is 0 Å².